The van der Waals surface area contributed by atoms with Gasteiger partial charge in [-0.05, 0) is 32.7 Å². The van der Waals surface area contributed by atoms with Crippen LogP contribution >= 0.6 is 0 Å². The fourth-order valence-corrected chi connectivity index (χ4v) is 1.57. The molecule has 0 radical (unpaired) electrons. The molecule has 0 rings (SSSR count). The molecule has 0 heterocycles. The highest BCUT2D eigenvalue weighted by molar-refractivity contribution is 5.69. The first-order valence-electron chi connectivity index (χ1n) is 6.45. The molecule has 1 atom stereocenters. The van der Waals surface area contributed by atoms with Crippen molar-refractivity contribution in [1.29, 1.82) is 0 Å². The van der Waals surface area contributed by atoms with Crippen molar-refractivity contribution in [3.05, 3.63) is 0 Å². The molecular weight excluding hydrogens is 202 g/mol. The zero-order valence-electron chi connectivity index (χ0n) is 11.2. The predicted octanol–water partition coefficient (Wildman–Crippen LogP) is 2.74. The van der Waals surface area contributed by atoms with Gasteiger partial charge in [-0.25, -0.2) is 0 Å². The summed E-state index contributed by atoms with van der Waals surface area (Å²) in [6.07, 6.45) is 4.20. The van der Waals surface area contributed by atoms with E-state index in [1.54, 1.807) is 0 Å². The van der Waals surface area contributed by atoms with E-state index in [9.17, 15) is 4.79 Å². The van der Waals surface area contributed by atoms with Crippen LogP contribution < -0.4 is 5.32 Å². The van der Waals surface area contributed by atoms with Gasteiger partial charge in [0, 0.05) is 6.04 Å². The Hall–Kier alpha value is -0.570. The van der Waals surface area contributed by atoms with Crippen molar-refractivity contribution in [2.75, 3.05) is 13.2 Å². The molecule has 0 bridgehead atoms. The lowest BCUT2D eigenvalue weighted by molar-refractivity contribution is -0.143. The molecule has 0 saturated heterocycles. The van der Waals surface area contributed by atoms with Crippen molar-refractivity contribution in [1.82, 2.24) is 5.32 Å². The zero-order valence-corrected chi connectivity index (χ0v) is 11.2. The van der Waals surface area contributed by atoms with Gasteiger partial charge in [0.1, 0.15) is 0 Å². The lowest BCUT2D eigenvalue weighted by Crippen LogP contribution is -2.30. The second-order valence-electron chi connectivity index (χ2n) is 4.75. The standard InChI is InChI=1S/C13H27NO2/c1-5-16-13(15)10-12(4)14-9-7-6-8-11(2)3/h11-12,14H,5-10H2,1-4H3. The van der Waals surface area contributed by atoms with Gasteiger partial charge in [-0.2, -0.15) is 0 Å². The topological polar surface area (TPSA) is 38.3 Å². The lowest BCUT2D eigenvalue weighted by atomic mass is 10.1. The van der Waals surface area contributed by atoms with Crippen molar-refractivity contribution in [3.8, 4) is 0 Å². The zero-order chi connectivity index (χ0) is 12.4. The Bertz CT molecular complexity index is 181. The third kappa shape index (κ3) is 9.97. The largest absolute Gasteiger partial charge is 0.466 e. The molecular formula is C13H27NO2. The number of unbranched alkanes of at least 4 members (excludes halogenated alkanes) is 1. The summed E-state index contributed by atoms with van der Waals surface area (Å²) < 4.78 is 4.89. The Morgan fingerprint density at radius 2 is 1.94 bits per heavy atom. The van der Waals surface area contributed by atoms with E-state index in [0.717, 1.165) is 12.5 Å². The highest BCUT2D eigenvalue weighted by Gasteiger charge is 2.08. The van der Waals surface area contributed by atoms with Crippen molar-refractivity contribution >= 4 is 5.97 Å². The van der Waals surface area contributed by atoms with Crippen molar-refractivity contribution < 1.29 is 9.53 Å². The number of rotatable bonds is 9. The van der Waals surface area contributed by atoms with E-state index < -0.39 is 0 Å². The second-order valence-corrected chi connectivity index (χ2v) is 4.75. The summed E-state index contributed by atoms with van der Waals surface area (Å²) in [6.45, 7) is 9.82. The fraction of sp³-hybridized carbons (Fsp3) is 0.923. The highest BCUT2D eigenvalue weighted by atomic mass is 16.5. The highest BCUT2D eigenvalue weighted by Crippen LogP contribution is 2.05. The average Bonchev–Trinajstić information content (AvgIpc) is 2.16. The van der Waals surface area contributed by atoms with Crippen LogP contribution in [0.3, 0.4) is 0 Å². The summed E-state index contributed by atoms with van der Waals surface area (Å²) in [5, 5.41) is 3.34. The molecule has 3 heteroatoms. The maximum atomic E-state index is 11.2. The van der Waals surface area contributed by atoms with E-state index in [2.05, 4.69) is 19.2 Å². The molecule has 16 heavy (non-hydrogen) atoms. The maximum Gasteiger partial charge on any atom is 0.307 e. The van der Waals surface area contributed by atoms with Crippen LogP contribution in [0.4, 0.5) is 0 Å². The first-order chi connectivity index (χ1) is 7.56. The summed E-state index contributed by atoms with van der Waals surface area (Å²) in [4.78, 5) is 11.2. The van der Waals surface area contributed by atoms with Crippen molar-refractivity contribution in [2.45, 2.75) is 59.4 Å². The van der Waals surface area contributed by atoms with Crippen LogP contribution in [0, 0.1) is 5.92 Å². The maximum absolute atomic E-state index is 11.2. The molecule has 0 aromatic rings. The summed E-state index contributed by atoms with van der Waals surface area (Å²) >= 11 is 0. The fourth-order valence-electron chi connectivity index (χ4n) is 1.57. The molecule has 0 fully saturated rings. The van der Waals surface area contributed by atoms with Gasteiger partial charge in [-0.3, -0.25) is 4.79 Å². The third-order valence-electron chi connectivity index (χ3n) is 2.48. The minimum Gasteiger partial charge on any atom is -0.466 e. The van der Waals surface area contributed by atoms with Gasteiger partial charge < -0.3 is 10.1 Å². The second kappa shape index (κ2) is 9.64. The van der Waals surface area contributed by atoms with E-state index in [1.165, 1.54) is 19.3 Å². The molecule has 96 valence electrons. The molecule has 0 aromatic carbocycles. The van der Waals surface area contributed by atoms with Crippen LogP contribution in [0.5, 0.6) is 0 Å². The normalized spacial score (nSPS) is 12.8. The van der Waals surface area contributed by atoms with Crippen LogP contribution in [0.2, 0.25) is 0 Å². The van der Waals surface area contributed by atoms with E-state index >= 15 is 0 Å². The number of ether oxygens (including phenoxy) is 1. The summed E-state index contributed by atoms with van der Waals surface area (Å²) in [5.74, 6) is 0.682. The minimum absolute atomic E-state index is 0.107. The molecule has 1 N–H and O–H groups in total. The number of carbonyl (C=O) groups is 1. The molecule has 0 saturated carbocycles. The monoisotopic (exact) mass is 229 g/mol. The molecule has 0 spiro atoms. The van der Waals surface area contributed by atoms with Crippen LogP contribution in [0.25, 0.3) is 0 Å². The Kier molecular flexibility index (Phi) is 9.30. The summed E-state index contributed by atoms with van der Waals surface area (Å²) in [7, 11) is 0. The van der Waals surface area contributed by atoms with E-state index in [-0.39, 0.29) is 12.0 Å². The number of carbonyl (C=O) groups excluding carboxylic acids is 1. The number of nitrogens with one attached hydrogen (secondary N) is 1. The van der Waals surface area contributed by atoms with E-state index in [0.29, 0.717) is 13.0 Å². The van der Waals surface area contributed by atoms with Crippen molar-refractivity contribution in [3.63, 3.8) is 0 Å². The predicted molar refractivity (Wildman–Crippen MR) is 67.4 cm³/mol. The number of hydrogen-bond donors (Lipinski definition) is 1. The quantitative estimate of drug-likeness (QED) is 0.488. The van der Waals surface area contributed by atoms with Crippen LogP contribution in [-0.4, -0.2) is 25.2 Å². The summed E-state index contributed by atoms with van der Waals surface area (Å²) in [6, 6.07) is 0.220. The van der Waals surface area contributed by atoms with Crippen LogP contribution in [-0.2, 0) is 9.53 Å². The molecule has 1 unspecified atom stereocenters. The van der Waals surface area contributed by atoms with Crippen LogP contribution in [0.1, 0.15) is 53.4 Å². The van der Waals surface area contributed by atoms with Crippen molar-refractivity contribution in [2.24, 2.45) is 5.92 Å². The van der Waals surface area contributed by atoms with E-state index in [1.807, 2.05) is 13.8 Å². The Morgan fingerprint density at radius 3 is 2.50 bits per heavy atom. The third-order valence-corrected chi connectivity index (χ3v) is 2.48. The molecule has 3 nitrogen and oxygen atoms in total. The Morgan fingerprint density at radius 1 is 1.25 bits per heavy atom. The van der Waals surface area contributed by atoms with Gasteiger partial charge >= 0.3 is 5.97 Å². The Labute approximate surface area is 99.9 Å². The first-order valence-corrected chi connectivity index (χ1v) is 6.45. The SMILES string of the molecule is CCOC(=O)CC(C)NCCCCC(C)C. The van der Waals surface area contributed by atoms with E-state index in [4.69, 9.17) is 4.74 Å². The lowest BCUT2D eigenvalue weighted by Gasteiger charge is -2.13. The molecule has 0 aliphatic rings. The molecule has 0 aromatic heterocycles. The minimum atomic E-state index is -0.107. The van der Waals surface area contributed by atoms with Gasteiger partial charge in [0.05, 0.1) is 13.0 Å². The molecule has 0 aliphatic carbocycles. The van der Waals surface area contributed by atoms with Gasteiger partial charge in [0.25, 0.3) is 0 Å². The Balaban J connectivity index is 3.36. The summed E-state index contributed by atoms with van der Waals surface area (Å²) in [5.41, 5.74) is 0. The van der Waals surface area contributed by atoms with Gasteiger partial charge in [-0.15, -0.1) is 0 Å². The van der Waals surface area contributed by atoms with Gasteiger partial charge in [-0.1, -0.05) is 26.7 Å². The number of esters is 1. The van der Waals surface area contributed by atoms with Gasteiger partial charge in [0.15, 0.2) is 0 Å². The molecule has 0 aliphatic heterocycles. The van der Waals surface area contributed by atoms with Gasteiger partial charge in [0.2, 0.25) is 0 Å². The number of hydrogen-bond acceptors (Lipinski definition) is 3. The first kappa shape index (κ1) is 15.4. The molecule has 0 amide bonds. The average molecular weight is 229 g/mol. The van der Waals surface area contributed by atoms with Crippen LogP contribution in [0.15, 0.2) is 0 Å². The smallest absolute Gasteiger partial charge is 0.307 e.